The summed E-state index contributed by atoms with van der Waals surface area (Å²) in [6.45, 7) is 3.34. The standard InChI is InChI=1S/C20H20N4O/c25-15-23-11-13-24(14-12-23)17-8-5-16(6-9-17)7-10-20-18-3-1-2-4-19(18)21-22-20/h1-10,15H,11-14H2,(H,21,22). The quantitative estimate of drug-likeness (QED) is 0.747. The van der Waals surface area contributed by atoms with Crippen molar-refractivity contribution in [1.82, 2.24) is 15.1 Å². The summed E-state index contributed by atoms with van der Waals surface area (Å²) in [7, 11) is 0. The number of benzene rings is 2. The number of H-pyrrole nitrogens is 1. The van der Waals surface area contributed by atoms with Gasteiger partial charge in [-0.15, -0.1) is 0 Å². The average molecular weight is 332 g/mol. The van der Waals surface area contributed by atoms with Crippen molar-refractivity contribution in [2.45, 2.75) is 0 Å². The van der Waals surface area contributed by atoms with Gasteiger partial charge in [0, 0.05) is 37.3 Å². The summed E-state index contributed by atoms with van der Waals surface area (Å²) in [4.78, 5) is 14.9. The van der Waals surface area contributed by atoms with Crippen LogP contribution < -0.4 is 4.90 Å². The number of carbonyl (C=O) groups excluding carboxylic acids is 1. The number of aromatic amines is 1. The largest absolute Gasteiger partial charge is 0.368 e. The molecule has 2 aromatic carbocycles. The zero-order valence-electron chi connectivity index (χ0n) is 13.9. The van der Waals surface area contributed by atoms with Gasteiger partial charge in [0.15, 0.2) is 0 Å². The number of piperazine rings is 1. The minimum absolute atomic E-state index is 0.789. The van der Waals surface area contributed by atoms with E-state index < -0.39 is 0 Å². The summed E-state index contributed by atoms with van der Waals surface area (Å²) in [5.41, 5.74) is 4.34. The van der Waals surface area contributed by atoms with Crippen LogP contribution in [0.4, 0.5) is 5.69 Å². The van der Waals surface area contributed by atoms with E-state index in [1.54, 1.807) is 0 Å². The van der Waals surface area contributed by atoms with Crippen LogP contribution in [0.5, 0.6) is 0 Å². The van der Waals surface area contributed by atoms with Gasteiger partial charge in [-0.1, -0.05) is 36.4 Å². The molecule has 5 nitrogen and oxygen atoms in total. The smallest absolute Gasteiger partial charge is 0.209 e. The molecule has 1 fully saturated rings. The van der Waals surface area contributed by atoms with Gasteiger partial charge in [-0.2, -0.15) is 5.10 Å². The first-order valence-corrected chi connectivity index (χ1v) is 8.49. The molecule has 3 aromatic rings. The second kappa shape index (κ2) is 6.81. The van der Waals surface area contributed by atoms with Gasteiger partial charge in [-0.25, -0.2) is 0 Å². The monoisotopic (exact) mass is 332 g/mol. The van der Waals surface area contributed by atoms with Crippen LogP contribution in [0.3, 0.4) is 0 Å². The van der Waals surface area contributed by atoms with Gasteiger partial charge in [0.25, 0.3) is 0 Å². The molecular weight excluding hydrogens is 312 g/mol. The van der Waals surface area contributed by atoms with Crippen molar-refractivity contribution in [3.8, 4) is 0 Å². The number of carbonyl (C=O) groups is 1. The molecule has 1 aliphatic rings. The molecule has 5 heteroatoms. The molecule has 0 bridgehead atoms. The number of anilines is 1. The number of aromatic nitrogens is 2. The SMILES string of the molecule is O=CN1CCN(c2ccc(C=Cc3n[nH]c4ccccc34)cc2)CC1. The highest BCUT2D eigenvalue weighted by atomic mass is 16.1. The third-order valence-electron chi connectivity index (χ3n) is 4.66. The average Bonchev–Trinajstić information content (AvgIpc) is 3.10. The van der Waals surface area contributed by atoms with E-state index in [1.165, 1.54) is 5.69 Å². The number of fused-ring (bicyclic) bond motifs is 1. The molecule has 0 atom stereocenters. The van der Waals surface area contributed by atoms with Crippen molar-refractivity contribution in [3.05, 3.63) is 59.8 Å². The molecule has 0 saturated carbocycles. The van der Waals surface area contributed by atoms with E-state index in [1.807, 2.05) is 29.2 Å². The summed E-state index contributed by atoms with van der Waals surface area (Å²) in [5.74, 6) is 0. The van der Waals surface area contributed by atoms with Crippen LogP contribution in [0.15, 0.2) is 48.5 Å². The topological polar surface area (TPSA) is 52.2 Å². The Kier molecular flexibility index (Phi) is 4.21. The Morgan fingerprint density at radius 3 is 2.44 bits per heavy atom. The molecule has 1 aliphatic heterocycles. The van der Waals surface area contributed by atoms with Gasteiger partial charge in [0.05, 0.1) is 11.2 Å². The maximum atomic E-state index is 10.8. The second-order valence-corrected chi connectivity index (χ2v) is 6.21. The van der Waals surface area contributed by atoms with Gasteiger partial charge in [0.1, 0.15) is 0 Å². The van der Waals surface area contributed by atoms with Crippen molar-refractivity contribution in [1.29, 1.82) is 0 Å². The Labute approximate surface area is 146 Å². The van der Waals surface area contributed by atoms with Crippen LogP contribution in [0.25, 0.3) is 23.1 Å². The molecule has 0 spiro atoms. The summed E-state index contributed by atoms with van der Waals surface area (Å²) in [6, 6.07) is 16.6. The molecule has 0 unspecified atom stereocenters. The van der Waals surface area contributed by atoms with Crippen LogP contribution in [0.2, 0.25) is 0 Å². The van der Waals surface area contributed by atoms with Crippen molar-refractivity contribution in [2.75, 3.05) is 31.1 Å². The number of nitrogens with zero attached hydrogens (tertiary/aromatic N) is 3. The van der Waals surface area contributed by atoms with Crippen LogP contribution in [-0.2, 0) is 4.79 Å². The highest BCUT2D eigenvalue weighted by Gasteiger charge is 2.15. The van der Waals surface area contributed by atoms with Crippen molar-refractivity contribution in [3.63, 3.8) is 0 Å². The normalized spacial score (nSPS) is 15.2. The van der Waals surface area contributed by atoms with Crippen molar-refractivity contribution < 1.29 is 4.79 Å². The first-order valence-electron chi connectivity index (χ1n) is 8.49. The van der Waals surface area contributed by atoms with Crippen LogP contribution in [-0.4, -0.2) is 47.7 Å². The number of nitrogens with one attached hydrogen (secondary N) is 1. The first-order chi connectivity index (χ1) is 12.3. The Balaban J connectivity index is 1.46. The molecule has 1 aromatic heterocycles. The van der Waals surface area contributed by atoms with Gasteiger partial charge in [-0.05, 0) is 29.8 Å². The maximum absolute atomic E-state index is 10.8. The fraction of sp³-hybridized carbons (Fsp3) is 0.200. The summed E-state index contributed by atoms with van der Waals surface area (Å²) >= 11 is 0. The molecule has 126 valence electrons. The molecule has 1 N–H and O–H groups in total. The third kappa shape index (κ3) is 3.26. The molecule has 25 heavy (non-hydrogen) atoms. The number of amides is 1. The van der Waals surface area contributed by atoms with E-state index in [0.717, 1.165) is 54.7 Å². The molecule has 2 heterocycles. The minimum atomic E-state index is 0.789. The van der Waals surface area contributed by atoms with E-state index in [2.05, 4.69) is 51.5 Å². The lowest BCUT2D eigenvalue weighted by atomic mass is 10.1. The van der Waals surface area contributed by atoms with E-state index in [4.69, 9.17) is 0 Å². The number of para-hydroxylation sites is 1. The van der Waals surface area contributed by atoms with Crippen LogP contribution >= 0.6 is 0 Å². The van der Waals surface area contributed by atoms with E-state index in [0.29, 0.717) is 0 Å². The molecular formula is C20H20N4O. The number of hydrogen-bond donors (Lipinski definition) is 1. The zero-order chi connectivity index (χ0) is 17.1. The Bertz CT molecular complexity index is 889. The van der Waals surface area contributed by atoms with Gasteiger partial charge in [0.2, 0.25) is 6.41 Å². The van der Waals surface area contributed by atoms with Gasteiger partial charge >= 0.3 is 0 Å². The molecule has 1 saturated heterocycles. The zero-order valence-corrected chi connectivity index (χ0v) is 13.9. The van der Waals surface area contributed by atoms with Crippen LogP contribution in [0.1, 0.15) is 11.3 Å². The lowest BCUT2D eigenvalue weighted by Crippen LogP contribution is -2.45. The third-order valence-corrected chi connectivity index (χ3v) is 4.66. The minimum Gasteiger partial charge on any atom is -0.368 e. The van der Waals surface area contributed by atoms with Gasteiger partial charge < -0.3 is 9.80 Å². The van der Waals surface area contributed by atoms with E-state index >= 15 is 0 Å². The second-order valence-electron chi connectivity index (χ2n) is 6.21. The Hall–Kier alpha value is -3.08. The summed E-state index contributed by atoms with van der Waals surface area (Å²) in [6.07, 6.45) is 5.05. The van der Waals surface area contributed by atoms with E-state index in [-0.39, 0.29) is 0 Å². The Morgan fingerprint density at radius 2 is 1.68 bits per heavy atom. The highest BCUT2D eigenvalue weighted by molar-refractivity contribution is 5.89. The van der Waals surface area contributed by atoms with E-state index in [9.17, 15) is 4.79 Å². The highest BCUT2D eigenvalue weighted by Crippen LogP contribution is 2.20. The van der Waals surface area contributed by atoms with Gasteiger partial charge in [-0.3, -0.25) is 9.89 Å². The van der Waals surface area contributed by atoms with Crippen LogP contribution in [0, 0.1) is 0 Å². The fourth-order valence-electron chi connectivity index (χ4n) is 3.17. The summed E-state index contributed by atoms with van der Waals surface area (Å²) < 4.78 is 0. The molecule has 1 amide bonds. The number of rotatable bonds is 4. The lowest BCUT2D eigenvalue weighted by Gasteiger charge is -2.34. The maximum Gasteiger partial charge on any atom is 0.209 e. The predicted octanol–water partition coefficient (Wildman–Crippen LogP) is 3.01. The number of hydrogen-bond acceptors (Lipinski definition) is 3. The lowest BCUT2D eigenvalue weighted by molar-refractivity contribution is -0.118. The van der Waals surface area contributed by atoms with Crippen molar-refractivity contribution >= 4 is 35.2 Å². The predicted molar refractivity (Wildman–Crippen MR) is 101 cm³/mol. The first kappa shape index (κ1) is 15.4. The molecule has 0 radical (unpaired) electrons. The Morgan fingerprint density at radius 1 is 0.920 bits per heavy atom. The summed E-state index contributed by atoms with van der Waals surface area (Å²) in [5, 5.41) is 8.54. The molecule has 0 aliphatic carbocycles. The fourth-order valence-corrected chi connectivity index (χ4v) is 3.17. The van der Waals surface area contributed by atoms with Crippen molar-refractivity contribution in [2.24, 2.45) is 0 Å². The molecule has 4 rings (SSSR count).